The molecule has 0 saturated heterocycles. The Morgan fingerprint density at radius 2 is 1.72 bits per heavy atom. The first-order valence-corrected chi connectivity index (χ1v) is 13.7. The van der Waals surface area contributed by atoms with Crippen LogP contribution < -0.4 is 0 Å². The van der Waals surface area contributed by atoms with Crippen LogP contribution in [0.1, 0.15) is 28.7 Å². The van der Waals surface area contributed by atoms with Gasteiger partial charge in [-0.15, -0.1) is 0 Å². The Balaban J connectivity index is 1.60. The highest BCUT2D eigenvalue weighted by atomic mass is 35.5. The molecule has 0 amide bonds. The lowest BCUT2D eigenvalue weighted by molar-refractivity contribution is -0.275. The molecule has 36 heavy (non-hydrogen) atoms. The Morgan fingerprint density at radius 3 is 2.33 bits per heavy atom. The predicted molar refractivity (Wildman–Crippen MR) is 138 cm³/mol. The average Bonchev–Trinajstić information content (AvgIpc) is 3.25. The van der Waals surface area contributed by atoms with Gasteiger partial charge in [0.05, 0.1) is 22.0 Å². The van der Waals surface area contributed by atoms with Gasteiger partial charge in [-0.1, -0.05) is 58.2 Å². The second-order valence-corrected chi connectivity index (χ2v) is 12.1. The molecule has 1 heterocycles. The van der Waals surface area contributed by atoms with E-state index in [1.807, 2.05) is 0 Å². The van der Waals surface area contributed by atoms with Gasteiger partial charge >= 0.3 is 6.18 Å². The molecule has 0 aromatic heterocycles. The highest BCUT2D eigenvalue weighted by molar-refractivity contribution is 7.93. The van der Waals surface area contributed by atoms with Crippen LogP contribution in [0.3, 0.4) is 0 Å². The van der Waals surface area contributed by atoms with E-state index in [1.165, 1.54) is 24.5 Å². The number of nitrogens with zero attached hydrogens (tertiary/aromatic N) is 2. The number of alkyl halides is 3. The van der Waals surface area contributed by atoms with Crippen molar-refractivity contribution in [2.24, 2.45) is 9.52 Å². The lowest BCUT2D eigenvalue weighted by Crippen LogP contribution is -2.42. The van der Waals surface area contributed by atoms with Gasteiger partial charge in [-0.3, -0.25) is 0 Å². The summed E-state index contributed by atoms with van der Waals surface area (Å²) in [4.78, 5) is 5.59. The maximum Gasteiger partial charge on any atom is 0.435 e. The lowest BCUT2D eigenvalue weighted by atomic mass is 9.86. The summed E-state index contributed by atoms with van der Waals surface area (Å²) in [6.45, 7) is 1.96. The van der Waals surface area contributed by atoms with Crippen molar-refractivity contribution >= 4 is 50.2 Å². The zero-order chi connectivity index (χ0) is 26.3. The molecule has 3 aromatic rings. The maximum atomic E-state index is 14.2. The molecular formula is C25H20Cl3F3N2O2S. The van der Waals surface area contributed by atoms with Crippen molar-refractivity contribution in [3.05, 3.63) is 98.0 Å². The third-order valence-electron chi connectivity index (χ3n) is 5.91. The quantitative estimate of drug-likeness (QED) is 0.308. The Bertz CT molecular complexity index is 1460. The van der Waals surface area contributed by atoms with Crippen molar-refractivity contribution in [2.45, 2.75) is 36.6 Å². The lowest BCUT2D eigenvalue weighted by Gasteiger charge is -2.29. The molecule has 0 saturated carbocycles. The summed E-state index contributed by atoms with van der Waals surface area (Å²) in [5.41, 5.74) is -0.786. The minimum atomic E-state index is -4.78. The van der Waals surface area contributed by atoms with Gasteiger partial charge in [0.1, 0.15) is 0 Å². The van der Waals surface area contributed by atoms with Gasteiger partial charge in [0, 0.05) is 38.2 Å². The van der Waals surface area contributed by atoms with Gasteiger partial charge in [0.2, 0.25) is 0 Å². The van der Waals surface area contributed by atoms with E-state index in [-0.39, 0.29) is 27.9 Å². The van der Waals surface area contributed by atoms with Crippen molar-refractivity contribution < 1.29 is 22.2 Å². The van der Waals surface area contributed by atoms with Crippen LogP contribution in [-0.2, 0) is 26.7 Å². The molecule has 0 bridgehead atoms. The van der Waals surface area contributed by atoms with Gasteiger partial charge in [0.25, 0.3) is 5.60 Å². The molecule has 2 atom stereocenters. The van der Waals surface area contributed by atoms with Crippen LogP contribution in [0.15, 0.2) is 75.1 Å². The summed E-state index contributed by atoms with van der Waals surface area (Å²) in [5, 5.41) is 4.38. The number of hydrogen-bond donors (Lipinski definition) is 0. The van der Waals surface area contributed by atoms with Crippen molar-refractivity contribution in [3.8, 4) is 0 Å². The van der Waals surface area contributed by atoms with Crippen LogP contribution in [0.5, 0.6) is 0 Å². The Labute approximate surface area is 222 Å². The Kier molecular flexibility index (Phi) is 7.36. The van der Waals surface area contributed by atoms with Crippen LogP contribution in [0.25, 0.3) is 0 Å². The molecule has 4 nitrogen and oxygen atoms in total. The van der Waals surface area contributed by atoms with Gasteiger partial charge in [0.15, 0.2) is 0 Å². The minimum absolute atomic E-state index is 0.0624. The first-order valence-electron chi connectivity index (χ1n) is 10.6. The van der Waals surface area contributed by atoms with Crippen LogP contribution in [0, 0.1) is 6.92 Å². The number of aryl methyl sites for hydroxylation is 1. The number of hydrogen-bond acceptors (Lipinski definition) is 4. The van der Waals surface area contributed by atoms with Gasteiger partial charge in [-0.25, -0.2) is 8.57 Å². The second kappa shape index (κ2) is 9.89. The third kappa shape index (κ3) is 5.37. The van der Waals surface area contributed by atoms with Crippen LogP contribution >= 0.6 is 34.8 Å². The van der Waals surface area contributed by atoms with E-state index in [2.05, 4.69) is 9.52 Å². The number of oxime groups is 1. The molecular weight excluding hydrogens is 556 g/mol. The molecule has 0 aliphatic carbocycles. The molecule has 190 valence electrons. The molecule has 0 N–H and O–H groups in total. The second-order valence-electron chi connectivity index (χ2n) is 8.48. The highest BCUT2D eigenvalue weighted by Gasteiger charge is 2.62. The smallest absolute Gasteiger partial charge is 0.374 e. The van der Waals surface area contributed by atoms with Gasteiger partial charge in [-0.05, 0) is 66.1 Å². The minimum Gasteiger partial charge on any atom is -0.374 e. The SMILES string of the molecule is Cc1cc(C2=NOC(c3cc(Cl)cc(Cl)c3)(C(F)(F)F)C2)ccc1CN=S(C)(=O)c1cccc(Cl)c1. The molecule has 3 aromatic carbocycles. The summed E-state index contributed by atoms with van der Waals surface area (Å²) in [7, 11) is -2.69. The fourth-order valence-corrected chi connectivity index (χ4v) is 5.86. The number of rotatable bonds is 5. The molecule has 0 fully saturated rings. The summed E-state index contributed by atoms with van der Waals surface area (Å²) < 4.78 is 60.2. The molecule has 4 rings (SSSR count). The maximum absolute atomic E-state index is 14.2. The standard InChI is InChI=1S/C25H20Cl3F3N2O2S/c1-15-8-16(6-7-17(15)14-32-36(2,34)22-5-3-4-19(26)12-22)23-13-24(35-33-23,25(29,30)31)18-9-20(27)11-21(28)10-18/h3-12H,13-14H2,1-2H3. The third-order valence-corrected chi connectivity index (χ3v) is 8.33. The first kappa shape index (κ1) is 26.8. The number of halogens is 6. The number of benzene rings is 3. The van der Waals surface area contributed by atoms with Crippen LogP contribution in [0.4, 0.5) is 13.2 Å². The largest absolute Gasteiger partial charge is 0.435 e. The van der Waals surface area contributed by atoms with E-state index < -0.39 is 27.9 Å². The first-order chi connectivity index (χ1) is 16.8. The van der Waals surface area contributed by atoms with E-state index in [0.29, 0.717) is 15.5 Å². The zero-order valence-corrected chi connectivity index (χ0v) is 22.2. The fraction of sp³-hybridized carbons (Fsp3) is 0.240. The summed E-state index contributed by atoms with van der Waals surface area (Å²) in [5.74, 6) is 0. The van der Waals surface area contributed by atoms with Gasteiger partial charge in [-0.2, -0.15) is 13.2 Å². The molecule has 1 aliphatic heterocycles. The Hall–Kier alpha value is -2.26. The summed E-state index contributed by atoms with van der Waals surface area (Å²) in [6, 6.07) is 15.5. The van der Waals surface area contributed by atoms with E-state index in [9.17, 15) is 17.4 Å². The predicted octanol–water partition coefficient (Wildman–Crippen LogP) is 8.19. The van der Waals surface area contributed by atoms with E-state index >= 15 is 0 Å². The Morgan fingerprint density at radius 1 is 1.03 bits per heavy atom. The van der Waals surface area contributed by atoms with Crippen molar-refractivity contribution in [3.63, 3.8) is 0 Å². The molecule has 1 aliphatic rings. The van der Waals surface area contributed by atoms with Crippen molar-refractivity contribution in [1.29, 1.82) is 0 Å². The highest BCUT2D eigenvalue weighted by Crippen LogP contribution is 2.49. The van der Waals surface area contributed by atoms with E-state index in [1.54, 1.807) is 49.4 Å². The van der Waals surface area contributed by atoms with Crippen molar-refractivity contribution in [1.82, 2.24) is 0 Å². The van der Waals surface area contributed by atoms with Crippen molar-refractivity contribution in [2.75, 3.05) is 6.26 Å². The molecule has 0 spiro atoms. The summed E-state index contributed by atoms with van der Waals surface area (Å²) >= 11 is 17.9. The summed E-state index contributed by atoms with van der Waals surface area (Å²) in [6.07, 6.45) is -3.79. The van der Waals surface area contributed by atoms with Crippen LogP contribution in [0.2, 0.25) is 15.1 Å². The van der Waals surface area contributed by atoms with Gasteiger partial charge < -0.3 is 4.84 Å². The monoisotopic (exact) mass is 574 g/mol. The van der Waals surface area contributed by atoms with E-state index in [4.69, 9.17) is 39.6 Å². The van der Waals surface area contributed by atoms with Crippen LogP contribution in [-0.4, -0.2) is 22.4 Å². The normalized spacial score (nSPS) is 19.4. The van der Waals surface area contributed by atoms with E-state index in [0.717, 1.165) is 11.1 Å². The average molecular weight is 576 g/mol. The molecule has 11 heteroatoms. The fourth-order valence-electron chi connectivity index (χ4n) is 3.87. The topological polar surface area (TPSA) is 51.0 Å². The molecule has 2 unspecified atom stereocenters. The zero-order valence-electron chi connectivity index (χ0n) is 19.1. The molecule has 0 radical (unpaired) electrons.